The smallest absolute Gasteiger partial charge is 0.0289 e. The Labute approximate surface area is 101 Å². The van der Waals surface area contributed by atoms with Crippen LogP contribution in [-0.2, 0) is 0 Å². The molecule has 0 nitrogen and oxygen atoms in total. The highest BCUT2D eigenvalue weighted by Gasteiger charge is 2.20. The van der Waals surface area contributed by atoms with Gasteiger partial charge >= 0.3 is 0 Å². The van der Waals surface area contributed by atoms with Crippen LogP contribution in [0.15, 0.2) is 73.4 Å². The van der Waals surface area contributed by atoms with Crippen molar-refractivity contribution in [3.05, 3.63) is 73.4 Å². The monoisotopic (exact) mass is 216 g/mol. The van der Waals surface area contributed by atoms with Crippen molar-refractivity contribution in [1.82, 2.24) is 0 Å². The Morgan fingerprint density at radius 3 is 1.88 bits per heavy atom. The summed E-state index contributed by atoms with van der Waals surface area (Å²) in [4.78, 5) is 0. The highest BCUT2D eigenvalue weighted by Crippen LogP contribution is 2.32. The van der Waals surface area contributed by atoms with E-state index in [1.165, 1.54) is 0 Å². The molecule has 1 aliphatic carbocycles. The first-order valence-electron chi connectivity index (χ1n) is 4.72. The van der Waals surface area contributed by atoms with Gasteiger partial charge in [0.25, 0.3) is 0 Å². The molecule has 0 aromatic carbocycles. The Kier molecular flexibility index (Phi) is 8.11. The quantitative estimate of drug-likeness (QED) is 0.565. The lowest BCUT2D eigenvalue weighted by Gasteiger charge is -2.22. The predicted octanol–water partition coefficient (Wildman–Crippen LogP) is 5.25. The van der Waals surface area contributed by atoms with Gasteiger partial charge in [-0.2, -0.15) is 0 Å². The Bertz CT molecular complexity index is 319. The molecular weight excluding hydrogens is 192 g/mol. The zero-order chi connectivity index (χ0) is 10.4. The van der Waals surface area contributed by atoms with Gasteiger partial charge in [0.2, 0.25) is 0 Å². The minimum atomic E-state index is -0.0700. The number of hydrogen-bond donors (Lipinski definition) is 0. The molecule has 0 aliphatic heterocycles. The summed E-state index contributed by atoms with van der Waals surface area (Å²) in [6.07, 6.45) is 18.1. The van der Waals surface area contributed by atoms with E-state index in [0.29, 0.717) is 0 Å². The van der Waals surface area contributed by atoms with Crippen molar-refractivity contribution < 1.29 is 0 Å². The molecule has 0 aromatic rings. The summed E-state index contributed by atoms with van der Waals surface area (Å²) in [7, 11) is 0. The summed E-state index contributed by atoms with van der Waals surface area (Å²) < 4.78 is 0. The molecule has 0 radical (unpaired) electrons. The molecule has 0 aromatic heterocycles. The van der Waals surface area contributed by atoms with Crippen molar-refractivity contribution in [1.29, 1.82) is 0 Å². The van der Waals surface area contributed by atoms with E-state index in [9.17, 15) is 0 Å². The van der Waals surface area contributed by atoms with Crippen LogP contribution in [0.25, 0.3) is 0 Å². The Balaban J connectivity index is 0. The SMILES string of the molecule is C.C.C=C/C=C(\C=C)C1(C)C=CC=CC=C1. The molecule has 0 spiro atoms. The minimum Gasteiger partial charge on any atom is -0.0991 e. The van der Waals surface area contributed by atoms with Gasteiger partial charge in [-0.15, -0.1) is 0 Å². The summed E-state index contributed by atoms with van der Waals surface area (Å²) in [6.45, 7) is 9.69. The maximum absolute atomic E-state index is 3.83. The highest BCUT2D eigenvalue weighted by molar-refractivity contribution is 5.40. The number of allylic oxidation sites excluding steroid dienone is 10. The van der Waals surface area contributed by atoms with Crippen LogP contribution in [0, 0.1) is 5.41 Å². The lowest BCUT2D eigenvalue weighted by molar-refractivity contribution is 0.682. The zero-order valence-corrected chi connectivity index (χ0v) is 8.61. The molecule has 0 heterocycles. The fourth-order valence-corrected chi connectivity index (χ4v) is 1.48. The van der Waals surface area contributed by atoms with E-state index in [1.54, 1.807) is 6.08 Å². The van der Waals surface area contributed by atoms with Crippen molar-refractivity contribution in [3.63, 3.8) is 0 Å². The summed E-state index contributed by atoms with van der Waals surface area (Å²) in [5.74, 6) is 0. The van der Waals surface area contributed by atoms with Gasteiger partial charge < -0.3 is 0 Å². The van der Waals surface area contributed by atoms with Gasteiger partial charge in [0.05, 0.1) is 0 Å². The first kappa shape index (κ1) is 16.9. The van der Waals surface area contributed by atoms with Crippen molar-refractivity contribution >= 4 is 0 Å². The van der Waals surface area contributed by atoms with E-state index >= 15 is 0 Å². The second-order valence-corrected chi connectivity index (χ2v) is 3.45. The molecule has 0 N–H and O–H groups in total. The van der Waals surface area contributed by atoms with Crippen molar-refractivity contribution in [3.8, 4) is 0 Å². The topological polar surface area (TPSA) is 0 Å². The van der Waals surface area contributed by atoms with E-state index in [2.05, 4.69) is 44.4 Å². The maximum atomic E-state index is 3.83. The van der Waals surface area contributed by atoms with Crippen LogP contribution in [0.4, 0.5) is 0 Å². The average molecular weight is 216 g/mol. The molecule has 0 amide bonds. The Morgan fingerprint density at radius 2 is 1.50 bits per heavy atom. The molecule has 88 valence electrons. The van der Waals surface area contributed by atoms with E-state index in [-0.39, 0.29) is 20.3 Å². The van der Waals surface area contributed by atoms with Crippen LogP contribution >= 0.6 is 0 Å². The van der Waals surface area contributed by atoms with Crippen LogP contribution in [0.5, 0.6) is 0 Å². The summed E-state index contributed by atoms with van der Waals surface area (Å²) >= 11 is 0. The molecule has 0 unspecified atom stereocenters. The summed E-state index contributed by atoms with van der Waals surface area (Å²) in [5, 5.41) is 0. The second kappa shape index (κ2) is 7.70. The van der Waals surface area contributed by atoms with Crippen LogP contribution in [0.2, 0.25) is 0 Å². The third-order valence-corrected chi connectivity index (χ3v) is 2.36. The first-order chi connectivity index (χ1) is 6.73. The molecule has 16 heavy (non-hydrogen) atoms. The molecule has 0 atom stereocenters. The second-order valence-electron chi connectivity index (χ2n) is 3.45. The lowest BCUT2D eigenvalue weighted by Crippen LogP contribution is -2.11. The van der Waals surface area contributed by atoms with Gasteiger partial charge in [0, 0.05) is 5.41 Å². The molecule has 1 aliphatic rings. The highest BCUT2D eigenvalue weighted by atomic mass is 14.2. The van der Waals surface area contributed by atoms with Crippen LogP contribution < -0.4 is 0 Å². The molecule has 0 heteroatoms. The van der Waals surface area contributed by atoms with E-state index < -0.39 is 0 Å². The van der Waals surface area contributed by atoms with E-state index in [4.69, 9.17) is 0 Å². The molecule has 1 rings (SSSR count). The van der Waals surface area contributed by atoms with Crippen molar-refractivity contribution in [2.24, 2.45) is 5.41 Å². The normalized spacial score (nSPS) is 16.7. The molecule has 0 saturated heterocycles. The third-order valence-electron chi connectivity index (χ3n) is 2.36. The van der Waals surface area contributed by atoms with Gasteiger partial charge in [-0.3, -0.25) is 0 Å². The third kappa shape index (κ3) is 3.90. The van der Waals surface area contributed by atoms with Crippen LogP contribution in [0.1, 0.15) is 21.8 Å². The molecule has 0 bridgehead atoms. The largest absolute Gasteiger partial charge is 0.0991 e. The van der Waals surface area contributed by atoms with Crippen LogP contribution in [0.3, 0.4) is 0 Å². The van der Waals surface area contributed by atoms with Crippen molar-refractivity contribution in [2.75, 3.05) is 0 Å². The fourth-order valence-electron chi connectivity index (χ4n) is 1.48. The number of rotatable bonds is 3. The minimum absolute atomic E-state index is 0. The molecule has 0 fully saturated rings. The molecular formula is C16H24. The summed E-state index contributed by atoms with van der Waals surface area (Å²) in [5.41, 5.74) is 1.09. The van der Waals surface area contributed by atoms with Crippen molar-refractivity contribution in [2.45, 2.75) is 21.8 Å². The van der Waals surface area contributed by atoms with Gasteiger partial charge in [-0.25, -0.2) is 0 Å². The zero-order valence-electron chi connectivity index (χ0n) is 8.61. The van der Waals surface area contributed by atoms with E-state index in [0.717, 1.165) is 5.57 Å². The Morgan fingerprint density at radius 1 is 1.00 bits per heavy atom. The predicted molar refractivity (Wildman–Crippen MR) is 77.5 cm³/mol. The first-order valence-corrected chi connectivity index (χ1v) is 4.72. The van der Waals surface area contributed by atoms with Gasteiger partial charge in [0.1, 0.15) is 0 Å². The Hall–Kier alpha value is -1.56. The summed E-state index contributed by atoms with van der Waals surface area (Å²) in [6, 6.07) is 0. The average Bonchev–Trinajstić information content (AvgIpc) is 2.40. The van der Waals surface area contributed by atoms with E-state index in [1.807, 2.05) is 24.3 Å². The lowest BCUT2D eigenvalue weighted by atomic mass is 9.81. The maximum Gasteiger partial charge on any atom is 0.0289 e. The van der Waals surface area contributed by atoms with Gasteiger partial charge in [0.15, 0.2) is 0 Å². The fraction of sp³-hybridized carbons (Fsp3) is 0.250. The standard InChI is InChI=1S/C14H16.2CH4/c1-4-10-13(5-2)14(3)11-8-6-7-9-12-14;;/h4-12H,1-2H2,3H3;2*1H4/b13-10+;;. The molecule has 0 saturated carbocycles. The van der Waals surface area contributed by atoms with Gasteiger partial charge in [-0.1, -0.05) is 82.7 Å². The van der Waals surface area contributed by atoms with Crippen LogP contribution in [-0.4, -0.2) is 0 Å². The number of hydrogen-bond acceptors (Lipinski definition) is 0. The van der Waals surface area contributed by atoms with Gasteiger partial charge in [-0.05, 0) is 12.5 Å².